The van der Waals surface area contributed by atoms with Gasteiger partial charge >= 0.3 is 0 Å². The van der Waals surface area contributed by atoms with E-state index in [4.69, 9.17) is 10.2 Å². The number of carbonyl (C=O) groups is 1. The van der Waals surface area contributed by atoms with Crippen molar-refractivity contribution >= 4 is 5.91 Å². The van der Waals surface area contributed by atoms with Gasteiger partial charge in [-0.05, 0) is 13.3 Å². The molecule has 0 bridgehead atoms. The molecule has 0 aromatic heterocycles. The maximum absolute atomic E-state index is 11.2. The minimum atomic E-state index is -0.921. The fourth-order valence-corrected chi connectivity index (χ4v) is 0.789. The molecule has 4 heteroatoms. The second-order valence-electron chi connectivity index (χ2n) is 3.18. The monoisotopic (exact) mass is 187 g/mol. The third-order valence-electron chi connectivity index (χ3n) is 2.05. The minimum absolute atomic E-state index is 0.279. The molecule has 0 saturated heterocycles. The standard InChI is InChI=1S/C9H17NO3/c1-4-9(5-11,6-12)10-8(13)7(2)3/h11-12H,2,4-6H2,1,3H3,(H,10,13). The van der Waals surface area contributed by atoms with Crippen molar-refractivity contribution in [1.82, 2.24) is 5.32 Å². The lowest BCUT2D eigenvalue weighted by atomic mass is 9.98. The molecular weight excluding hydrogens is 170 g/mol. The first-order chi connectivity index (χ1) is 6.01. The molecule has 0 aromatic carbocycles. The molecule has 0 saturated carbocycles. The van der Waals surface area contributed by atoms with Crippen LogP contribution in [0.3, 0.4) is 0 Å². The first kappa shape index (κ1) is 12.1. The average molecular weight is 187 g/mol. The van der Waals surface area contributed by atoms with Crippen molar-refractivity contribution < 1.29 is 15.0 Å². The number of hydrogen-bond acceptors (Lipinski definition) is 3. The maximum Gasteiger partial charge on any atom is 0.246 e. The zero-order valence-electron chi connectivity index (χ0n) is 8.13. The van der Waals surface area contributed by atoms with Crippen molar-refractivity contribution in [3.63, 3.8) is 0 Å². The molecule has 0 aliphatic heterocycles. The van der Waals surface area contributed by atoms with Crippen molar-refractivity contribution in [2.24, 2.45) is 0 Å². The summed E-state index contributed by atoms with van der Waals surface area (Å²) in [5.41, 5.74) is -0.560. The van der Waals surface area contributed by atoms with E-state index in [1.165, 1.54) is 0 Å². The van der Waals surface area contributed by atoms with Gasteiger partial charge in [0.15, 0.2) is 0 Å². The van der Waals surface area contributed by atoms with E-state index in [2.05, 4.69) is 11.9 Å². The van der Waals surface area contributed by atoms with E-state index < -0.39 is 5.54 Å². The summed E-state index contributed by atoms with van der Waals surface area (Å²) in [6.07, 6.45) is 0.471. The number of aliphatic hydroxyl groups excluding tert-OH is 2. The van der Waals surface area contributed by atoms with Gasteiger partial charge in [-0.2, -0.15) is 0 Å². The lowest BCUT2D eigenvalue weighted by molar-refractivity contribution is -0.120. The highest BCUT2D eigenvalue weighted by Crippen LogP contribution is 2.08. The van der Waals surface area contributed by atoms with Crippen LogP contribution in [0.5, 0.6) is 0 Å². The van der Waals surface area contributed by atoms with Gasteiger partial charge in [0.05, 0.1) is 18.8 Å². The number of amides is 1. The summed E-state index contributed by atoms with van der Waals surface area (Å²) in [6, 6.07) is 0. The Balaban J connectivity index is 4.42. The fraction of sp³-hybridized carbons (Fsp3) is 0.667. The summed E-state index contributed by atoms with van der Waals surface area (Å²) in [6.45, 7) is 6.27. The van der Waals surface area contributed by atoms with Crippen LogP contribution in [-0.2, 0) is 4.79 Å². The van der Waals surface area contributed by atoms with Crippen LogP contribution in [0.1, 0.15) is 20.3 Å². The van der Waals surface area contributed by atoms with E-state index in [9.17, 15) is 4.79 Å². The molecule has 0 atom stereocenters. The second-order valence-corrected chi connectivity index (χ2v) is 3.18. The lowest BCUT2D eigenvalue weighted by Crippen LogP contribution is -2.53. The number of rotatable bonds is 5. The van der Waals surface area contributed by atoms with E-state index in [0.717, 1.165) is 0 Å². The van der Waals surface area contributed by atoms with Crippen LogP contribution in [0.15, 0.2) is 12.2 Å². The largest absolute Gasteiger partial charge is 0.394 e. The average Bonchev–Trinajstić information content (AvgIpc) is 2.14. The van der Waals surface area contributed by atoms with Crippen LogP contribution < -0.4 is 5.32 Å². The second kappa shape index (κ2) is 4.99. The van der Waals surface area contributed by atoms with E-state index >= 15 is 0 Å². The summed E-state index contributed by atoms with van der Waals surface area (Å²) in [5.74, 6) is -0.343. The van der Waals surface area contributed by atoms with Crippen LogP contribution in [0.4, 0.5) is 0 Å². The predicted octanol–water partition coefficient (Wildman–Crippen LogP) is -0.188. The summed E-state index contributed by atoms with van der Waals surface area (Å²) in [5, 5.41) is 20.5. The van der Waals surface area contributed by atoms with Crippen LogP contribution in [0.2, 0.25) is 0 Å². The molecule has 0 fully saturated rings. The molecule has 13 heavy (non-hydrogen) atoms. The molecule has 4 nitrogen and oxygen atoms in total. The predicted molar refractivity (Wildman–Crippen MR) is 50.2 cm³/mol. The van der Waals surface area contributed by atoms with Crippen molar-refractivity contribution in [3.05, 3.63) is 12.2 Å². The van der Waals surface area contributed by atoms with Gasteiger partial charge < -0.3 is 15.5 Å². The maximum atomic E-state index is 11.2. The third kappa shape index (κ3) is 3.16. The molecule has 76 valence electrons. The molecule has 0 aliphatic rings. The van der Waals surface area contributed by atoms with Gasteiger partial charge in [-0.3, -0.25) is 4.79 Å². The molecule has 1 amide bonds. The number of nitrogens with one attached hydrogen (secondary N) is 1. The van der Waals surface area contributed by atoms with E-state index in [1.54, 1.807) is 13.8 Å². The number of carbonyl (C=O) groups excluding carboxylic acids is 1. The topological polar surface area (TPSA) is 69.6 Å². The fourth-order valence-electron chi connectivity index (χ4n) is 0.789. The van der Waals surface area contributed by atoms with Crippen molar-refractivity contribution in [2.75, 3.05) is 13.2 Å². The van der Waals surface area contributed by atoms with E-state index in [1.807, 2.05) is 0 Å². The third-order valence-corrected chi connectivity index (χ3v) is 2.05. The normalized spacial score (nSPS) is 11.1. The molecule has 3 N–H and O–H groups in total. The Bertz CT molecular complexity index is 189. The highest BCUT2D eigenvalue weighted by molar-refractivity contribution is 5.92. The van der Waals surface area contributed by atoms with Gasteiger partial charge in [-0.1, -0.05) is 13.5 Å². The van der Waals surface area contributed by atoms with Crippen molar-refractivity contribution in [1.29, 1.82) is 0 Å². The van der Waals surface area contributed by atoms with Gasteiger partial charge in [0.2, 0.25) is 5.91 Å². The quantitative estimate of drug-likeness (QED) is 0.523. The Morgan fingerprint density at radius 3 is 2.15 bits per heavy atom. The summed E-state index contributed by atoms with van der Waals surface area (Å²) in [4.78, 5) is 11.2. The van der Waals surface area contributed by atoms with Crippen LogP contribution in [0, 0.1) is 0 Å². The zero-order valence-corrected chi connectivity index (χ0v) is 8.13. The molecule has 0 spiro atoms. The van der Waals surface area contributed by atoms with Crippen molar-refractivity contribution in [2.45, 2.75) is 25.8 Å². The highest BCUT2D eigenvalue weighted by Gasteiger charge is 2.28. The van der Waals surface area contributed by atoms with Crippen LogP contribution >= 0.6 is 0 Å². The first-order valence-corrected chi connectivity index (χ1v) is 4.21. The Morgan fingerprint density at radius 1 is 1.46 bits per heavy atom. The molecule has 0 heterocycles. The zero-order chi connectivity index (χ0) is 10.5. The minimum Gasteiger partial charge on any atom is -0.394 e. The van der Waals surface area contributed by atoms with Gasteiger partial charge in [-0.25, -0.2) is 0 Å². The van der Waals surface area contributed by atoms with Gasteiger partial charge in [0.25, 0.3) is 0 Å². The van der Waals surface area contributed by atoms with Gasteiger partial charge in [0, 0.05) is 5.57 Å². The van der Waals surface area contributed by atoms with Gasteiger partial charge in [0.1, 0.15) is 0 Å². The summed E-state index contributed by atoms with van der Waals surface area (Å²) < 4.78 is 0. The van der Waals surface area contributed by atoms with Crippen LogP contribution in [0.25, 0.3) is 0 Å². The molecule has 0 rings (SSSR count). The molecule has 0 aliphatic carbocycles. The smallest absolute Gasteiger partial charge is 0.246 e. The van der Waals surface area contributed by atoms with Crippen LogP contribution in [-0.4, -0.2) is 34.9 Å². The molecule has 0 aromatic rings. The van der Waals surface area contributed by atoms with E-state index in [0.29, 0.717) is 12.0 Å². The SMILES string of the molecule is C=C(C)C(=O)NC(CC)(CO)CO. The van der Waals surface area contributed by atoms with Crippen molar-refractivity contribution in [3.8, 4) is 0 Å². The summed E-state index contributed by atoms with van der Waals surface area (Å²) >= 11 is 0. The molecular formula is C9H17NO3. The molecule has 0 radical (unpaired) electrons. The Kier molecular flexibility index (Phi) is 4.66. The summed E-state index contributed by atoms with van der Waals surface area (Å²) in [7, 11) is 0. The van der Waals surface area contributed by atoms with Gasteiger partial charge in [-0.15, -0.1) is 0 Å². The highest BCUT2D eigenvalue weighted by atomic mass is 16.3. The lowest BCUT2D eigenvalue weighted by Gasteiger charge is -2.29. The molecule has 0 unspecified atom stereocenters. The number of aliphatic hydroxyl groups is 2. The van der Waals surface area contributed by atoms with E-state index in [-0.39, 0.29) is 19.1 Å². The number of hydrogen-bond donors (Lipinski definition) is 3. The Labute approximate surface area is 78.3 Å². The Morgan fingerprint density at radius 2 is 1.92 bits per heavy atom. The first-order valence-electron chi connectivity index (χ1n) is 4.21. The Hall–Kier alpha value is -0.870.